The molecule has 1 heterocycles. The first-order valence-corrected chi connectivity index (χ1v) is 8.76. The van der Waals surface area contributed by atoms with Gasteiger partial charge in [0.15, 0.2) is 0 Å². The number of hydrogen-bond donors (Lipinski definition) is 0. The molecule has 6 atom stereocenters. The van der Waals surface area contributed by atoms with Gasteiger partial charge in [0.1, 0.15) is 12.2 Å². The van der Waals surface area contributed by atoms with Gasteiger partial charge in [-0.1, -0.05) is 27.4 Å². The number of ether oxygens (including phenoxy) is 3. The van der Waals surface area contributed by atoms with Crippen molar-refractivity contribution in [3.63, 3.8) is 0 Å². The van der Waals surface area contributed by atoms with Gasteiger partial charge in [0, 0.05) is 29.4 Å². The fraction of sp³-hybridized carbons (Fsp3) is 0.789. The van der Waals surface area contributed by atoms with E-state index in [-0.39, 0.29) is 52.7 Å². The highest BCUT2D eigenvalue weighted by Gasteiger charge is 2.73. The first-order valence-electron chi connectivity index (χ1n) is 8.76. The molecule has 0 aromatic rings. The molecule has 6 unspecified atom stereocenters. The summed E-state index contributed by atoms with van der Waals surface area (Å²) in [5.41, 5.74) is -0.296. The van der Waals surface area contributed by atoms with Crippen LogP contribution in [0.25, 0.3) is 0 Å². The maximum atomic E-state index is 12.5. The number of fused-ring (bicyclic) bond motifs is 2. The molecule has 0 spiro atoms. The molecule has 0 N–H and O–H groups in total. The molecule has 134 valence electrons. The standard InChI is InChI=1S/C19H28O5/c1-10(2)16(20)24-15-14(22-6)18(5)7-8-19(15,11(3)4)12-9-23-17(21)13(12)18/h11-15H,1,7-9H2,2-6H3. The van der Waals surface area contributed by atoms with Crippen LogP contribution in [0, 0.1) is 28.6 Å². The number of hydrogen-bond acceptors (Lipinski definition) is 5. The first-order chi connectivity index (χ1) is 11.2. The second-order valence-corrected chi connectivity index (χ2v) is 8.25. The van der Waals surface area contributed by atoms with Crippen LogP contribution < -0.4 is 0 Å². The van der Waals surface area contributed by atoms with E-state index in [1.807, 2.05) is 0 Å². The lowest BCUT2D eigenvalue weighted by Gasteiger charge is -2.65. The molecule has 4 aliphatic rings. The molecule has 5 nitrogen and oxygen atoms in total. The van der Waals surface area contributed by atoms with Crippen LogP contribution in [0.3, 0.4) is 0 Å². The van der Waals surface area contributed by atoms with Crippen molar-refractivity contribution < 1.29 is 23.8 Å². The Bertz CT molecular complexity index is 582. The van der Waals surface area contributed by atoms with Gasteiger partial charge in [-0.3, -0.25) is 4.79 Å². The molecule has 24 heavy (non-hydrogen) atoms. The smallest absolute Gasteiger partial charge is 0.333 e. The Morgan fingerprint density at radius 2 is 2.00 bits per heavy atom. The highest BCUT2D eigenvalue weighted by molar-refractivity contribution is 5.87. The van der Waals surface area contributed by atoms with Gasteiger partial charge in [0.05, 0.1) is 12.5 Å². The summed E-state index contributed by atoms with van der Waals surface area (Å²) in [6, 6.07) is 0. The zero-order valence-corrected chi connectivity index (χ0v) is 15.3. The third kappa shape index (κ3) is 2.03. The Morgan fingerprint density at radius 3 is 2.54 bits per heavy atom. The predicted molar refractivity (Wildman–Crippen MR) is 88.0 cm³/mol. The summed E-state index contributed by atoms with van der Waals surface area (Å²) in [5, 5.41) is 0. The normalized spacial score (nSPS) is 43.5. The van der Waals surface area contributed by atoms with Gasteiger partial charge in [-0.15, -0.1) is 0 Å². The van der Waals surface area contributed by atoms with E-state index in [4.69, 9.17) is 14.2 Å². The lowest BCUT2D eigenvalue weighted by molar-refractivity contribution is -0.266. The Kier molecular flexibility index (Phi) is 4.06. The van der Waals surface area contributed by atoms with Gasteiger partial charge in [-0.05, 0) is 25.7 Å². The Morgan fingerprint density at radius 1 is 1.33 bits per heavy atom. The van der Waals surface area contributed by atoms with E-state index in [0.29, 0.717) is 12.2 Å². The average Bonchev–Trinajstić information content (AvgIpc) is 2.91. The number of rotatable bonds is 4. The van der Waals surface area contributed by atoms with Crippen LogP contribution in [0.5, 0.6) is 0 Å². The minimum Gasteiger partial charge on any atom is -0.465 e. The fourth-order valence-electron chi connectivity index (χ4n) is 5.67. The number of carbonyl (C=O) groups is 2. The number of esters is 2. The topological polar surface area (TPSA) is 61.8 Å². The lowest BCUT2D eigenvalue weighted by atomic mass is 9.41. The van der Waals surface area contributed by atoms with Crippen molar-refractivity contribution in [1.29, 1.82) is 0 Å². The second kappa shape index (κ2) is 5.58. The van der Waals surface area contributed by atoms with Crippen molar-refractivity contribution in [3.05, 3.63) is 12.2 Å². The summed E-state index contributed by atoms with van der Waals surface area (Å²) in [5.74, 6) is -0.389. The zero-order chi connectivity index (χ0) is 17.9. The summed E-state index contributed by atoms with van der Waals surface area (Å²) in [6.07, 6.45) is 1.08. The van der Waals surface area contributed by atoms with Gasteiger partial charge in [0.25, 0.3) is 0 Å². The highest BCUT2D eigenvalue weighted by atomic mass is 16.6. The summed E-state index contributed by atoms with van der Waals surface area (Å²) < 4.78 is 17.2. The van der Waals surface area contributed by atoms with Crippen molar-refractivity contribution >= 4 is 11.9 Å². The number of cyclic esters (lactones) is 1. The molecular formula is C19H28O5. The minimum atomic E-state index is -0.389. The van der Waals surface area contributed by atoms with Crippen molar-refractivity contribution in [1.82, 2.24) is 0 Å². The van der Waals surface area contributed by atoms with Crippen molar-refractivity contribution in [2.75, 3.05) is 13.7 Å². The number of carbonyl (C=O) groups excluding carboxylic acids is 2. The molecule has 3 saturated carbocycles. The Balaban J connectivity index is 2.11. The first kappa shape index (κ1) is 17.5. The van der Waals surface area contributed by atoms with Gasteiger partial charge in [-0.25, -0.2) is 4.79 Å². The molecule has 0 aromatic heterocycles. The highest BCUT2D eigenvalue weighted by Crippen LogP contribution is 2.68. The molecule has 4 fully saturated rings. The van der Waals surface area contributed by atoms with Crippen molar-refractivity contribution in [2.24, 2.45) is 28.6 Å². The molecule has 2 bridgehead atoms. The number of methoxy groups -OCH3 is 1. The molecule has 3 aliphatic carbocycles. The molecule has 0 aromatic carbocycles. The summed E-state index contributed by atoms with van der Waals surface area (Å²) in [4.78, 5) is 24.8. The predicted octanol–water partition coefficient (Wildman–Crippen LogP) is 2.73. The molecule has 5 heteroatoms. The molecule has 0 radical (unpaired) electrons. The molecule has 1 aliphatic heterocycles. The van der Waals surface area contributed by atoms with E-state index in [2.05, 4.69) is 27.4 Å². The van der Waals surface area contributed by atoms with Crippen molar-refractivity contribution in [2.45, 2.75) is 52.7 Å². The molecular weight excluding hydrogens is 308 g/mol. The van der Waals surface area contributed by atoms with E-state index in [9.17, 15) is 9.59 Å². The van der Waals surface area contributed by atoms with E-state index in [1.165, 1.54) is 0 Å². The Labute approximate surface area is 143 Å². The summed E-state index contributed by atoms with van der Waals surface area (Å²) in [6.45, 7) is 12.1. The van der Waals surface area contributed by atoms with E-state index in [1.54, 1.807) is 14.0 Å². The zero-order valence-electron chi connectivity index (χ0n) is 15.3. The monoisotopic (exact) mass is 336 g/mol. The van der Waals surface area contributed by atoms with Gasteiger partial charge in [0.2, 0.25) is 0 Å². The maximum absolute atomic E-state index is 12.5. The van der Waals surface area contributed by atoms with E-state index < -0.39 is 0 Å². The van der Waals surface area contributed by atoms with Crippen LogP contribution in [0.15, 0.2) is 12.2 Å². The molecule has 4 rings (SSSR count). The van der Waals surface area contributed by atoms with Crippen LogP contribution in [0.2, 0.25) is 0 Å². The Hall–Kier alpha value is -1.36. The van der Waals surface area contributed by atoms with E-state index in [0.717, 1.165) is 12.8 Å². The van der Waals surface area contributed by atoms with Crippen LogP contribution in [0.4, 0.5) is 0 Å². The third-order valence-corrected chi connectivity index (χ3v) is 6.92. The van der Waals surface area contributed by atoms with Gasteiger partial charge >= 0.3 is 11.9 Å². The average molecular weight is 336 g/mol. The quantitative estimate of drug-likeness (QED) is 0.583. The van der Waals surface area contributed by atoms with Crippen LogP contribution in [0.1, 0.15) is 40.5 Å². The van der Waals surface area contributed by atoms with Crippen LogP contribution in [-0.2, 0) is 23.8 Å². The van der Waals surface area contributed by atoms with Crippen LogP contribution >= 0.6 is 0 Å². The van der Waals surface area contributed by atoms with Crippen molar-refractivity contribution in [3.8, 4) is 0 Å². The fourth-order valence-corrected chi connectivity index (χ4v) is 5.67. The third-order valence-electron chi connectivity index (χ3n) is 6.92. The molecule has 1 saturated heterocycles. The van der Waals surface area contributed by atoms with Gasteiger partial charge in [-0.2, -0.15) is 0 Å². The molecule has 0 amide bonds. The summed E-state index contributed by atoms with van der Waals surface area (Å²) in [7, 11) is 1.64. The SMILES string of the molecule is C=C(C)C(=O)OC1C(OC)C2(C)CCC1(C(C)C)C1COC(=O)C12. The maximum Gasteiger partial charge on any atom is 0.333 e. The van der Waals surface area contributed by atoms with Crippen LogP contribution in [-0.4, -0.2) is 37.9 Å². The van der Waals surface area contributed by atoms with E-state index >= 15 is 0 Å². The lowest BCUT2D eigenvalue weighted by Crippen LogP contribution is -2.71. The largest absolute Gasteiger partial charge is 0.465 e. The summed E-state index contributed by atoms with van der Waals surface area (Å²) >= 11 is 0. The van der Waals surface area contributed by atoms with Gasteiger partial charge < -0.3 is 14.2 Å². The minimum absolute atomic E-state index is 0.0677. The second-order valence-electron chi connectivity index (χ2n) is 8.25.